The summed E-state index contributed by atoms with van der Waals surface area (Å²) >= 11 is 6.62. The van der Waals surface area contributed by atoms with Crippen LogP contribution in [0.5, 0.6) is 17.2 Å². The Kier molecular flexibility index (Phi) is 11.1. The highest BCUT2D eigenvalue weighted by Crippen LogP contribution is 2.38. The summed E-state index contributed by atoms with van der Waals surface area (Å²) in [5.41, 5.74) is 2.84. The molecular formula is C39H46ClN3O4. The number of amides is 1. The maximum Gasteiger partial charge on any atom is 0.251 e. The number of benzene rings is 4. The van der Waals surface area contributed by atoms with Crippen LogP contribution < -0.4 is 24.4 Å². The first-order chi connectivity index (χ1) is 23.0. The number of nitrogens with zero attached hydrogens (tertiary/aromatic N) is 2. The maximum absolute atomic E-state index is 12.8. The van der Waals surface area contributed by atoms with Crippen LogP contribution in [0.25, 0.3) is 10.8 Å². The summed E-state index contributed by atoms with van der Waals surface area (Å²) < 4.78 is 18.3. The number of hydrogen-bond acceptors (Lipinski definition) is 6. The van der Waals surface area contributed by atoms with Gasteiger partial charge < -0.3 is 29.3 Å². The zero-order valence-electron chi connectivity index (χ0n) is 27.6. The predicted molar refractivity (Wildman–Crippen MR) is 190 cm³/mol. The van der Waals surface area contributed by atoms with Gasteiger partial charge in [0.05, 0.1) is 12.1 Å². The van der Waals surface area contributed by atoms with E-state index in [-0.39, 0.29) is 12.0 Å². The number of halogens is 1. The second-order valence-corrected chi connectivity index (χ2v) is 13.1. The van der Waals surface area contributed by atoms with Crippen molar-refractivity contribution in [2.75, 3.05) is 44.7 Å². The molecule has 8 heteroatoms. The van der Waals surface area contributed by atoms with Gasteiger partial charge in [-0.3, -0.25) is 4.79 Å². The van der Waals surface area contributed by atoms with Crippen LogP contribution in [-0.4, -0.2) is 62.8 Å². The molecule has 2 fully saturated rings. The Hall–Kier alpha value is -3.94. The highest BCUT2D eigenvalue weighted by atomic mass is 35.5. The number of nitrogens with one attached hydrogen (secondary N) is 1. The van der Waals surface area contributed by atoms with Crippen molar-refractivity contribution < 1.29 is 19.0 Å². The largest absolute Gasteiger partial charge is 0.493 e. The summed E-state index contributed by atoms with van der Waals surface area (Å²) in [6.07, 6.45) is 6.58. The monoisotopic (exact) mass is 655 g/mol. The van der Waals surface area contributed by atoms with Crippen LogP contribution in [-0.2, 0) is 6.61 Å². The van der Waals surface area contributed by atoms with E-state index in [1.54, 1.807) is 19.2 Å². The van der Waals surface area contributed by atoms with Crippen molar-refractivity contribution in [3.8, 4) is 17.2 Å². The first kappa shape index (κ1) is 33.0. The third-order valence-electron chi connectivity index (χ3n) is 9.50. The van der Waals surface area contributed by atoms with Crippen LogP contribution in [0.15, 0.2) is 78.9 Å². The van der Waals surface area contributed by atoms with E-state index < -0.39 is 0 Å². The lowest BCUT2D eigenvalue weighted by molar-refractivity contribution is 0.0948. The Balaban J connectivity index is 1.02. The molecule has 6 rings (SSSR count). The molecule has 2 heterocycles. The molecule has 2 aliphatic rings. The number of hydrogen-bond donors (Lipinski definition) is 1. The molecule has 4 aromatic rings. The third kappa shape index (κ3) is 8.32. The van der Waals surface area contributed by atoms with E-state index in [1.807, 2.05) is 24.3 Å². The van der Waals surface area contributed by atoms with Gasteiger partial charge >= 0.3 is 0 Å². The average Bonchev–Trinajstić information content (AvgIpc) is 3.10. The van der Waals surface area contributed by atoms with Gasteiger partial charge in [0.25, 0.3) is 5.91 Å². The van der Waals surface area contributed by atoms with Crippen LogP contribution in [0.4, 0.5) is 5.69 Å². The molecule has 2 saturated heterocycles. The topological polar surface area (TPSA) is 63.3 Å². The molecule has 0 radical (unpaired) electrons. The molecule has 0 spiro atoms. The summed E-state index contributed by atoms with van der Waals surface area (Å²) in [6.45, 7) is 7.33. The minimum atomic E-state index is -0.0972. The molecule has 0 aromatic heterocycles. The normalized spacial score (nSPS) is 17.4. The molecule has 4 aromatic carbocycles. The van der Waals surface area contributed by atoms with Gasteiger partial charge in [0.2, 0.25) is 0 Å². The SMILES string of the molecule is COc1cc2c(N3CCC(Oc4ccc(C(=O)NCCCN5CCCCC5C)cc4Cl)CC3)cccc2cc1OCc1ccccc1. The first-order valence-corrected chi connectivity index (χ1v) is 17.4. The fraction of sp³-hybridized carbons (Fsp3) is 0.410. The van der Waals surface area contributed by atoms with Crippen molar-refractivity contribution in [3.05, 3.63) is 95.0 Å². The highest BCUT2D eigenvalue weighted by Gasteiger charge is 2.24. The number of ether oxygens (including phenoxy) is 3. The van der Waals surface area contributed by atoms with Gasteiger partial charge in [-0.05, 0) is 80.1 Å². The Labute approximate surface area is 283 Å². The summed E-state index contributed by atoms with van der Waals surface area (Å²) in [4.78, 5) is 17.7. The van der Waals surface area contributed by atoms with E-state index in [0.29, 0.717) is 35.5 Å². The predicted octanol–water partition coefficient (Wildman–Crippen LogP) is 8.12. The lowest BCUT2D eigenvalue weighted by Crippen LogP contribution is -2.39. The number of piperidine rings is 2. The zero-order chi connectivity index (χ0) is 32.6. The number of carbonyl (C=O) groups excluding carboxylic acids is 1. The standard InChI is InChI=1S/C39H46ClN3O4/c1-28-10-6-7-20-42(28)21-9-19-41-39(44)31-15-16-36(34(40)24-31)47-32-17-22-43(23-18-32)35-14-8-13-30-25-38(37(45-2)26-33(30)35)46-27-29-11-4-3-5-12-29/h3-5,8,11-16,24-26,28,32H,6-7,9-10,17-23,27H2,1-2H3,(H,41,44). The Morgan fingerprint density at radius 1 is 0.894 bits per heavy atom. The Morgan fingerprint density at radius 3 is 2.49 bits per heavy atom. The van der Waals surface area contributed by atoms with Gasteiger partial charge in [0, 0.05) is 61.7 Å². The quantitative estimate of drug-likeness (QED) is 0.156. The molecule has 0 aliphatic carbocycles. The number of rotatable bonds is 12. The molecule has 1 unspecified atom stereocenters. The smallest absolute Gasteiger partial charge is 0.251 e. The van der Waals surface area contributed by atoms with E-state index in [4.69, 9.17) is 25.8 Å². The zero-order valence-corrected chi connectivity index (χ0v) is 28.3. The van der Waals surface area contributed by atoms with Crippen molar-refractivity contribution in [1.82, 2.24) is 10.2 Å². The molecule has 2 aliphatic heterocycles. The fourth-order valence-electron chi connectivity index (χ4n) is 6.76. The number of likely N-dealkylation sites (tertiary alicyclic amines) is 1. The van der Waals surface area contributed by atoms with E-state index in [2.05, 4.69) is 64.5 Å². The van der Waals surface area contributed by atoms with Crippen LogP contribution in [0.3, 0.4) is 0 Å². The molecule has 1 amide bonds. The van der Waals surface area contributed by atoms with Gasteiger partial charge in [-0.2, -0.15) is 0 Å². The minimum absolute atomic E-state index is 0.0445. The van der Waals surface area contributed by atoms with Crippen molar-refractivity contribution in [1.29, 1.82) is 0 Å². The molecule has 7 nitrogen and oxygen atoms in total. The molecule has 0 saturated carbocycles. The third-order valence-corrected chi connectivity index (χ3v) is 9.79. The van der Waals surface area contributed by atoms with Crippen molar-refractivity contribution in [3.63, 3.8) is 0 Å². The van der Waals surface area contributed by atoms with Crippen LogP contribution in [0.2, 0.25) is 5.02 Å². The first-order valence-electron chi connectivity index (χ1n) is 17.0. The van der Waals surface area contributed by atoms with Crippen LogP contribution in [0.1, 0.15) is 61.4 Å². The number of methoxy groups -OCH3 is 1. The van der Waals surface area contributed by atoms with Crippen LogP contribution in [0, 0.1) is 0 Å². The summed E-state index contributed by atoms with van der Waals surface area (Å²) in [5, 5.41) is 5.76. The van der Waals surface area contributed by atoms with E-state index in [9.17, 15) is 4.79 Å². The van der Waals surface area contributed by atoms with Gasteiger partial charge in [-0.15, -0.1) is 0 Å². The van der Waals surface area contributed by atoms with Gasteiger partial charge in [-0.25, -0.2) is 0 Å². The van der Waals surface area contributed by atoms with Gasteiger partial charge in [0.15, 0.2) is 11.5 Å². The van der Waals surface area contributed by atoms with E-state index in [1.165, 1.54) is 24.9 Å². The average molecular weight is 656 g/mol. The van der Waals surface area contributed by atoms with Gasteiger partial charge in [0.1, 0.15) is 18.5 Å². The van der Waals surface area contributed by atoms with E-state index in [0.717, 1.165) is 73.3 Å². The van der Waals surface area contributed by atoms with E-state index >= 15 is 0 Å². The molecular weight excluding hydrogens is 610 g/mol. The Bertz CT molecular complexity index is 1640. The summed E-state index contributed by atoms with van der Waals surface area (Å²) in [7, 11) is 1.68. The second kappa shape index (κ2) is 15.8. The molecule has 248 valence electrons. The molecule has 47 heavy (non-hydrogen) atoms. The minimum Gasteiger partial charge on any atom is -0.493 e. The van der Waals surface area contributed by atoms with Crippen molar-refractivity contribution in [2.24, 2.45) is 0 Å². The lowest BCUT2D eigenvalue weighted by Gasteiger charge is -2.34. The van der Waals surface area contributed by atoms with Crippen molar-refractivity contribution >= 4 is 34.0 Å². The number of fused-ring (bicyclic) bond motifs is 1. The summed E-state index contributed by atoms with van der Waals surface area (Å²) in [5.74, 6) is 1.98. The lowest BCUT2D eigenvalue weighted by atomic mass is 10.0. The number of carbonyl (C=O) groups is 1. The fourth-order valence-corrected chi connectivity index (χ4v) is 6.98. The molecule has 0 bridgehead atoms. The highest BCUT2D eigenvalue weighted by molar-refractivity contribution is 6.32. The maximum atomic E-state index is 12.8. The number of anilines is 1. The molecule has 1 N–H and O–H groups in total. The van der Waals surface area contributed by atoms with Gasteiger partial charge in [-0.1, -0.05) is 60.5 Å². The molecule has 1 atom stereocenters. The second-order valence-electron chi connectivity index (χ2n) is 12.7. The van der Waals surface area contributed by atoms with Crippen LogP contribution >= 0.6 is 11.6 Å². The van der Waals surface area contributed by atoms with Crippen molar-refractivity contribution in [2.45, 2.75) is 64.2 Å². The summed E-state index contributed by atoms with van der Waals surface area (Å²) in [6, 6.07) is 26.7. The Morgan fingerprint density at radius 2 is 1.72 bits per heavy atom.